The maximum absolute atomic E-state index is 11.9. The normalized spacial score (nSPS) is 12.3. The second-order valence-corrected chi connectivity index (χ2v) is 6.12. The van der Waals surface area contributed by atoms with Gasteiger partial charge in [0.05, 0.1) is 6.42 Å². The average molecular weight is 367 g/mol. The molecule has 0 spiro atoms. The Labute approximate surface area is 152 Å². The molecule has 0 bridgehead atoms. The van der Waals surface area contributed by atoms with E-state index in [4.69, 9.17) is 11.6 Å². The number of carbonyl (C=O) groups excluding carboxylic acids is 3. The molecular weight excluding hydrogens is 344 g/mol. The molecule has 7 nitrogen and oxygen atoms in total. The minimum absolute atomic E-state index is 0.0413. The largest absolute Gasteiger partial charge is 0.353 e. The minimum atomic E-state index is -0.930. The third kappa shape index (κ3) is 6.93. The van der Waals surface area contributed by atoms with Gasteiger partial charge in [0, 0.05) is 22.5 Å². The molecule has 0 aliphatic carbocycles. The fourth-order valence-corrected chi connectivity index (χ4v) is 1.99. The number of hydrazone groups is 1. The number of carbonyl (C=O) groups is 3. The van der Waals surface area contributed by atoms with Gasteiger partial charge < -0.3 is 10.6 Å². The van der Waals surface area contributed by atoms with Crippen LogP contribution in [0.2, 0.25) is 5.02 Å². The summed E-state index contributed by atoms with van der Waals surface area (Å²) in [6.45, 7) is 7.18. The molecule has 3 amide bonds. The maximum atomic E-state index is 11.9. The van der Waals surface area contributed by atoms with Crippen LogP contribution in [0.3, 0.4) is 0 Å². The average Bonchev–Trinajstić information content (AvgIpc) is 2.56. The zero-order chi connectivity index (χ0) is 19.0. The number of nitrogens with zero attached hydrogens (tertiary/aromatic N) is 1. The number of rotatable bonds is 6. The van der Waals surface area contributed by atoms with Crippen molar-refractivity contribution in [2.24, 2.45) is 5.10 Å². The first-order chi connectivity index (χ1) is 11.7. The van der Waals surface area contributed by atoms with Crippen molar-refractivity contribution in [3.63, 3.8) is 0 Å². The molecule has 0 radical (unpaired) electrons. The van der Waals surface area contributed by atoms with Crippen LogP contribution in [0.15, 0.2) is 23.3 Å². The lowest BCUT2D eigenvalue weighted by Gasteiger charge is -2.11. The van der Waals surface area contributed by atoms with Gasteiger partial charge in [0.1, 0.15) is 0 Å². The van der Waals surface area contributed by atoms with Gasteiger partial charge in [0.25, 0.3) is 0 Å². The number of nitrogens with one attached hydrogen (secondary N) is 3. The van der Waals surface area contributed by atoms with E-state index in [1.807, 2.05) is 13.8 Å². The summed E-state index contributed by atoms with van der Waals surface area (Å²) in [5, 5.41) is 9.51. The van der Waals surface area contributed by atoms with Gasteiger partial charge in [-0.15, -0.1) is 0 Å². The molecule has 3 N–H and O–H groups in total. The SMILES string of the molecule is CCC(C)NC(=O)CC(C)=NNC(=O)C(=O)Nc1cccc(Cl)c1C. The lowest BCUT2D eigenvalue weighted by Crippen LogP contribution is -2.35. The van der Waals surface area contributed by atoms with Gasteiger partial charge in [-0.1, -0.05) is 24.6 Å². The summed E-state index contributed by atoms with van der Waals surface area (Å²) in [7, 11) is 0. The van der Waals surface area contributed by atoms with Crippen molar-refractivity contribution >= 4 is 40.7 Å². The molecule has 1 rings (SSSR count). The van der Waals surface area contributed by atoms with E-state index in [2.05, 4.69) is 21.2 Å². The van der Waals surface area contributed by atoms with E-state index in [9.17, 15) is 14.4 Å². The number of halogens is 1. The van der Waals surface area contributed by atoms with Gasteiger partial charge in [0.2, 0.25) is 5.91 Å². The smallest absolute Gasteiger partial charge is 0.329 e. The van der Waals surface area contributed by atoms with E-state index in [1.54, 1.807) is 32.0 Å². The van der Waals surface area contributed by atoms with Crippen LogP contribution in [-0.4, -0.2) is 29.5 Å². The molecule has 0 fully saturated rings. The van der Waals surface area contributed by atoms with Crippen LogP contribution in [0.4, 0.5) is 5.69 Å². The van der Waals surface area contributed by atoms with Crippen LogP contribution in [0.1, 0.15) is 39.2 Å². The summed E-state index contributed by atoms with van der Waals surface area (Å²) in [6.07, 6.45) is 0.862. The molecule has 0 aromatic heterocycles. The minimum Gasteiger partial charge on any atom is -0.353 e. The molecule has 0 heterocycles. The number of anilines is 1. The lowest BCUT2D eigenvalue weighted by molar-refractivity contribution is -0.136. The Kier molecular flexibility index (Phi) is 8.07. The Bertz CT molecular complexity index is 688. The number of amides is 3. The summed E-state index contributed by atoms with van der Waals surface area (Å²) < 4.78 is 0. The van der Waals surface area contributed by atoms with Crippen LogP contribution in [0.25, 0.3) is 0 Å². The van der Waals surface area contributed by atoms with Gasteiger partial charge in [-0.2, -0.15) is 5.10 Å². The van der Waals surface area contributed by atoms with E-state index in [0.29, 0.717) is 22.0 Å². The van der Waals surface area contributed by atoms with E-state index in [1.165, 1.54) is 0 Å². The fourth-order valence-electron chi connectivity index (χ4n) is 1.82. The zero-order valence-corrected chi connectivity index (χ0v) is 15.5. The standard InChI is InChI=1S/C17H23ClN4O3/c1-5-10(2)19-15(23)9-11(3)21-22-17(25)16(24)20-14-8-6-7-13(18)12(14)4/h6-8,10H,5,9H2,1-4H3,(H,19,23)(H,20,24)(H,22,25). The third-order valence-electron chi connectivity index (χ3n) is 3.51. The summed E-state index contributed by atoms with van der Waals surface area (Å²) >= 11 is 5.96. The van der Waals surface area contributed by atoms with Gasteiger partial charge >= 0.3 is 11.8 Å². The molecule has 8 heteroatoms. The van der Waals surface area contributed by atoms with E-state index >= 15 is 0 Å². The van der Waals surface area contributed by atoms with Crippen molar-refractivity contribution in [3.8, 4) is 0 Å². The predicted molar refractivity (Wildman–Crippen MR) is 98.6 cm³/mol. The molecule has 1 aromatic rings. The molecule has 136 valence electrons. The zero-order valence-electron chi connectivity index (χ0n) is 14.8. The number of hydrogen-bond acceptors (Lipinski definition) is 4. The predicted octanol–water partition coefficient (Wildman–Crippen LogP) is 2.38. The molecule has 1 atom stereocenters. The molecule has 1 aromatic carbocycles. The van der Waals surface area contributed by atoms with Crippen LogP contribution >= 0.6 is 11.6 Å². The molecule has 0 aliphatic heterocycles. The molecule has 0 aliphatic rings. The first-order valence-corrected chi connectivity index (χ1v) is 8.31. The molecule has 0 saturated heterocycles. The van der Waals surface area contributed by atoms with Crippen molar-refractivity contribution in [1.29, 1.82) is 0 Å². The van der Waals surface area contributed by atoms with Crippen LogP contribution in [0, 0.1) is 6.92 Å². The summed E-state index contributed by atoms with van der Waals surface area (Å²) in [4.78, 5) is 35.4. The number of benzene rings is 1. The van der Waals surface area contributed by atoms with Gasteiger partial charge in [-0.05, 0) is 44.9 Å². The highest BCUT2D eigenvalue weighted by molar-refractivity contribution is 6.40. The lowest BCUT2D eigenvalue weighted by atomic mass is 10.2. The monoisotopic (exact) mass is 366 g/mol. The van der Waals surface area contributed by atoms with Gasteiger partial charge in [-0.25, -0.2) is 5.43 Å². The summed E-state index contributed by atoms with van der Waals surface area (Å²) in [6, 6.07) is 5.06. The van der Waals surface area contributed by atoms with Crippen molar-refractivity contribution in [3.05, 3.63) is 28.8 Å². The summed E-state index contributed by atoms with van der Waals surface area (Å²) in [5.41, 5.74) is 3.63. The topological polar surface area (TPSA) is 99.7 Å². The van der Waals surface area contributed by atoms with Crippen LogP contribution in [-0.2, 0) is 14.4 Å². The number of hydrogen-bond donors (Lipinski definition) is 3. The second-order valence-electron chi connectivity index (χ2n) is 5.71. The Balaban J connectivity index is 2.56. The molecule has 1 unspecified atom stereocenters. The Morgan fingerprint density at radius 2 is 1.92 bits per heavy atom. The quantitative estimate of drug-likeness (QED) is 0.409. The Morgan fingerprint density at radius 3 is 2.56 bits per heavy atom. The van der Waals surface area contributed by atoms with Crippen LogP contribution < -0.4 is 16.1 Å². The van der Waals surface area contributed by atoms with Gasteiger partial charge in [0.15, 0.2) is 0 Å². The summed E-state index contributed by atoms with van der Waals surface area (Å²) in [5.74, 6) is -1.99. The van der Waals surface area contributed by atoms with Crippen molar-refractivity contribution in [2.75, 3.05) is 5.32 Å². The Hall–Kier alpha value is -2.41. The van der Waals surface area contributed by atoms with Gasteiger partial charge in [-0.3, -0.25) is 14.4 Å². The van der Waals surface area contributed by atoms with Crippen LogP contribution in [0.5, 0.6) is 0 Å². The van der Waals surface area contributed by atoms with Crippen molar-refractivity contribution in [1.82, 2.24) is 10.7 Å². The highest BCUT2D eigenvalue weighted by Gasteiger charge is 2.15. The second kappa shape index (κ2) is 9.78. The third-order valence-corrected chi connectivity index (χ3v) is 3.92. The molecule has 25 heavy (non-hydrogen) atoms. The highest BCUT2D eigenvalue weighted by Crippen LogP contribution is 2.22. The van der Waals surface area contributed by atoms with Crippen molar-refractivity contribution in [2.45, 2.75) is 46.6 Å². The van der Waals surface area contributed by atoms with Crippen molar-refractivity contribution < 1.29 is 14.4 Å². The van der Waals surface area contributed by atoms with E-state index in [0.717, 1.165) is 6.42 Å². The first kappa shape index (κ1) is 20.6. The molecular formula is C17H23ClN4O3. The molecule has 0 saturated carbocycles. The Morgan fingerprint density at radius 1 is 1.24 bits per heavy atom. The van der Waals surface area contributed by atoms with E-state index in [-0.39, 0.29) is 18.4 Å². The maximum Gasteiger partial charge on any atom is 0.329 e. The highest BCUT2D eigenvalue weighted by atomic mass is 35.5. The fraction of sp³-hybridized carbons (Fsp3) is 0.412. The first-order valence-electron chi connectivity index (χ1n) is 7.93. The van der Waals surface area contributed by atoms with E-state index < -0.39 is 11.8 Å².